The van der Waals surface area contributed by atoms with Crippen LogP contribution in [0.2, 0.25) is 0 Å². The number of alkyl halides is 3. The van der Waals surface area contributed by atoms with E-state index in [-0.39, 0.29) is 23.9 Å². The molecule has 0 spiro atoms. The fraction of sp³-hybridized carbons (Fsp3) is 0.429. The third kappa shape index (κ3) is 5.40. The van der Waals surface area contributed by atoms with Crippen molar-refractivity contribution in [2.75, 3.05) is 13.2 Å². The van der Waals surface area contributed by atoms with Crippen LogP contribution in [0.3, 0.4) is 0 Å². The van der Waals surface area contributed by atoms with E-state index in [9.17, 15) is 22.8 Å². The van der Waals surface area contributed by atoms with Crippen molar-refractivity contribution in [3.05, 3.63) is 82.1 Å². The lowest BCUT2D eigenvalue weighted by Crippen LogP contribution is -2.49. The topological polar surface area (TPSA) is 92.6 Å². The quantitative estimate of drug-likeness (QED) is 0.319. The van der Waals surface area contributed by atoms with Gasteiger partial charge in [-0.05, 0) is 56.5 Å². The predicted octanol–water partition coefficient (Wildman–Crippen LogP) is 4.02. The number of aryl methyl sites for hydroxylation is 2. The van der Waals surface area contributed by atoms with Crippen molar-refractivity contribution in [2.45, 2.75) is 57.2 Å². The zero-order valence-corrected chi connectivity index (χ0v) is 22.7. The molecule has 1 aliphatic heterocycles. The fourth-order valence-electron chi connectivity index (χ4n) is 4.91. The van der Waals surface area contributed by atoms with Gasteiger partial charge in [-0.3, -0.25) is 13.8 Å². The zero-order chi connectivity index (χ0) is 28.9. The Morgan fingerprint density at radius 2 is 1.90 bits per heavy atom. The summed E-state index contributed by atoms with van der Waals surface area (Å²) >= 11 is 0. The Hall–Kier alpha value is -3.93. The highest BCUT2D eigenvalue weighted by molar-refractivity contribution is 5.70. The molecule has 40 heavy (non-hydrogen) atoms. The Bertz CT molecular complexity index is 1620. The number of hydrogen-bond acceptors (Lipinski definition) is 6. The highest BCUT2D eigenvalue weighted by Gasteiger charge is 2.42. The molecule has 0 bridgehead atoms. The number of halogens is 3. The second-order valence-corrected chi connectivity index (χ2v) is 11.2. The molecule has 0 amide bonds. The Balaban J connectivity index is 1.52. The lowest BCUT2D eigenvalue weighted by molar-refractivity contribution is -0.154. The van der Waals surface area contributed by atoms with Gasteiger partial charge in [0.05, 0.1) is 30.0 Å². The van der Waals surface area contributed by atoms with E-state index < -0.39 is 34.4 Å². The lowest BCUT2D eigenvalue weighted by atomic mass is 9.75. The summed E-state index contributed by atoms with van der Waals surface area (Å²) in [5, 5.41) is 8.12. The van der Waals surface area contributed by atoms with Gasteiger partial charge in [-0.1, -0.05) is 12.1 Å². The van der Waals surface area contributed by atoms with E-state index in [0.717, 1.165) is 21.9 Å². The van der Waals surface area contributed by atoms with Crippen molar-refractivity contribution in [3.8, 4) is 5.69 Å². The number of carbonyl (C=O) groups excluding carboxylic acids is 1. The highest BCUT2D eigenvalue weighted by Crippen LogP contribution is 2.37. The molecule has 1 aromatic carbocycles. The van der Waals surface area contributed by atoms with E-state index in [2.05, 4.69) is 10.2 Å². The van der Waals surface area contributed by atoms with Gasteiger partial charge in [0.2, 0.25) is 0 Å². The van der Waals surface area contributed by atoms with Crippen LogP contribution >= 0.6 is 0 Å². The van der Waals surface area contributed by atoms with Gasteiger partial charge in [-0.15, -0.1) is 10.2 Å². The number of aromatic nitrogens is 5. The molecule has 9 nitrogen and oxygen atoms in total. The summed E-state index contributed by atoms with van der Waals surface area (Å²) in [6, 6.07) is 8.15. The number of imidazole rings is 1. The third-order valence-electron chi connectivity index (χ3n) is 6.96. The molecular weight excluding hydrogens is 527 g/mol. The number of ether oxygens (including phenoxy) is 2. The van der Waals surface area contributed by atoms with Crippen LogP contribution in [0.4, 0.5) is 13.2 Å². The van der Waals surface area contributed by atoms with Gasteiger partial charge in [0, 0.05) is 37.7 Å². The molecule has 212 valence electrons. The zero-order valence-electron chi connectivity index (χ0n) is 22.7. The van der Waals surface area contributed by atoms with Crippen LogP contribution in [0.25, 0.3) is 11.2 Å². The third-order valence-corrected chi connectivity index (χ3v) is 6.96. The average Bonchev–Trinajstić information content (AvgIpc) is 3.40. The smallest absolute Gasteiger partial charge is 0.418 e. The second-order valence-electron chi connectivity index (χ2n) is 11.2. The standard InChI is InChI=1S/C28H30F3N5O4/c1-26(2,3)40-24(37)9-8-18-10-21(28(29,30)31)22-14-35(25(38)36(22)13-18)20-7-5-6-19(11-20)27(15-39-16-27)12-23-33-32-17-34(23)4/h5-7,10-11,13-14,17H,8-9,12,15-16H2,1-4H3. The minimum atomic E-state index is -4.71. The van der Waals surface area contributed by atoms with E-state index in [1.165, 1.54) is 17.0 Å². The summed E-state index contributed by atoms with van der Waals surface area (Å²) in [7, 11) is 1.85. The first-order valence-corrected chi connectivity index (χ1v) is 12.8. The normalized spacial score (nSPS) is 15.3. The minimum Gasteiger partial charge on any atom is -0.460 e. The molecule has 0 N–H and O–H groups in total. The van der Waals surface area contributed by atoms with Crippen molar-refractivity contribution in [2.24, 2.45) is 7.05 Å². The van der Waals surface area contributed by atoms with Crippen LogP contribution in [0, 0.1) is 0 Å². The van der Waals surface area contributed by atoms with Gasteiger partial charge < -0.3 is 14.0 Å². The molecule has 5 rings (SSSR count). The first kappa shape index (κ1) is 27.6. The van der Waals surface area contributed by atoms with Crippen LogP contribution in [0.5, 0.6) is 0 Å². The fourth-order valence-corrected chi connectivity index (χ4v) is 4.91. The maximum absolute atomic E-state index is 14.1. The van der Waals surface area contributed by atoms with Crippen molar-refractivity contribution in [1.29, 1.82) is 0 Å². The molecule has 1 saturated heterocycles. The summed E-state index contributed by atoms with van der Waals surface area (Å²) in [6.07, 6.45) is -0.110. The number of hydrogen-bond donors (Lipinski definition) is 0. The van der Waals surface area contributed by atoms with Gasteiger partial charge in [0.1, 0.15) is 17.8 Å². The van der Waals surface area contributed by atoms with Crippen molar-refractivity contribution < 1.29 is 27.4 Å². The van der Waals surface area contributed by atoms with E-state index in [0.29, 0.717) is 25.3 Å². The van der Waals surface area contributed by atoms with E-state index in [1.807, 2.05) is 17.7 Å². The Kier molecular flexibility index (Phi) is 6.85. The Morgan fingerprint density at radius 1 is 1.15 bits per heavy atom. The number of fused-ring (bicyclic) bond motifs is 1. The van der Waals surface area contributed by atoms with Gasteiger partial charge >= 0.3 is 17.8 Å². The van der Waals surface area contributed by atoms with Gasteiger partial charge in [0.15, 0.2) is 0 Å². The molecule has 1 aliphatic rings. The van der Waals surface area contributed by atoms with Crippen LogP contribution in [-0.2, 0) is 45.7 Å². The van der Waals surface area contributed by atoms with Crippen LogP contribution in [0.15, 0.2) is 53.8 Å². The van der Waals surface area contributed by atoms with Gasteiger partial charge in [0.25, 0.3) is 0 Å². The van der Waals surface area contributed by atoms with Gasteiger partial charge in [-0.25, -0.2) is 4.79 Å². The van der Waals surface area contributed by atoms with E-state index in [4.69, 9.17) is 9.47 Å². The molecule has 0 unspecified atom stereocenters. The summed E-state index contributed by atoms with van der Waals surface area (Å²) in [5.41, 5.74) is -1.46. The summed E-state index contributed by atoms with van der Waals surface area (Å²) in [6.45, 7) is 6.02. The van der Waals surface area contributed by atoms with E-state index >= 15 is 0 Å². The largest absolute Gasteiger partial charge is 0.460 e. The Labute approximate surface area is 228 Å². The molecule has 0 aliphatic carbocycles. The van der Waals surface area contributed by atoms with Crippen molar-refractivity contribution >= 4 is 11.5 Å². The van der Waals surface area contributed by atoms with Crippen LogP contribution in [0.1, 0.15) is 49.7 Å². The molecular formula is C28H30F3N5O4. The average molecular weight is 558 g/mol. The molecule has 12 heteroatoms. The van der Waals surface area contributed by atoms with Crippen LogP contribution < -0.4 is 5.69 Å². The summed E-state index contributed by atoms with van der Waals surface area (Å²) < 4.78 is 57.2. The first-order valence-electron chi connectivity index (χ1n) is 12.8. The van der Waals surface area contributed by atoms with Crippen LogP contribution in [-0.4, -0.2) is 48.5 Å². The number of carbonyl (C=O) groups is 1. The monoisotopic (exact) mass is 557 g/mol. The lowest BCUT2D eigenvalue weighted by Gasteiger charge is -2.41. The second kappa shape index (κ2) is 9.92. The molecule has 1 fully saturated rings. The number of pyridine rings is 1. The number of nitrogens with zero attached hydrogens (tertiary/aromatic N) is 5. The first-order chi connectivity index (χ1) is 18.8. The summed E-state index contributed by atoms with van der Waals surface area (Å²) in [4.78, 5) is 25.6. The molecule has 3 aromatic heterocycles. The minimum absolute atomic E-state index is 0.00833. The number of benzene rings is 1. The number of rotatable bonds is 7. The van der Waals surface area contributed by atoms with Crippen molar-refractivity contribution in [3.63, 3.8) is 0 Å². The maximum atomic E-state index is 14.1. The summed E-state index contributed by atoms with van der Waals surface area (Å²) in [5.74, 6) is 0.243. The predicted molar refractivity (Wildman–Crippen MR) is 139 cm³/mol. The van der Waals surface area contributed by atoms with E-state index in [1.54, 1.807) is 45.3 Å². The number of esters is 1. The molecule has 0 saturated carbocycles. The Morgan fingerprint density at radius 3 is 2.50 bits per heavy atom. The maximum Gasteiger partial charge on any atom is 0.418 e. The molecule has 4 aromatic rings. The molecule has 0 atom stereocenters. The molecule has 0 radical (unpaired) electrons. The SMILES string of the molecule is Cn1cnnc1CC1(c2cccc(-n3cc4c(C(F)(F)F)cc(CCC(=O)OC(C)(C)C)cn4c3=O)c2)COC1. The van der Waals surface area contributed by atoms with Crippen molar-refractivity contribution in [1.82, 2.24) is 23.7 Å². The molecule has 4 heterocycles. The highest BCUT2D eigenvalue weighted by atomic mass is 19.4. The van der Waals surface area contributed by atoms with Gasteiger partial charge in [-0.2, -0.15) is 13.2 Å².